The van der Waals surface area contributed by atoms with E-state index < -0.39 is 15.9 Å². The van der Waals surface area contributed by atoms with Gasteiger partial charge < -0.3 is 14.6 Å². The summed E-state index contributed by atoms with van der Waals surface area (Å²) in [7, 11) is 0.0779. The van der Waals surface area contributed by atoms with E-state index in [1.807, 2.05) is 6.92 Å². The Bertz CT molecular complexity index is 594. The standard InChI is InChI=1S/C14H20O5S/c1-9-6-12(18-2)13(19-3)7-11(9)14(15)10-4-5-20(16,17)8-10/h6-7,10,14-15H,4-5,8H2,1-3H3. The molecule has 2 atom stereocenters. The van der Waals surface area contributed by atoms with Gasteiger partial charge in [-0.05, 0) is 36.6 Å². The van der Waals surface area contributed by atoms with Crippen LogP contribution in [0.2, 0.25) is 0 Å². The van der Waals surface area contributed by atoms with Gasteiger partial charge in [-0.2, -0.15) is 0 Å². The van der Waals surface area contributed by atoms with Crippen LogP contribution in [0.25, 0.3) is 0 Å². The average Bonchev–Trinajstić information content (AvgIpc) is 2.78. The number of aliphatic hydroxyl groups is 1. The third kappa shape index (κ3) is 2.91. The maximum atomic E-state index is 11.5. The maximum Gasteiger partial charge on any atom is 0.161 e. The quantitative estimate of drug-likeness (QED) is 0.912. The lowest BCUT2D eigenvalue weighted by atomic mass is 9.92. The minimum atomic E-state index is -3.01. The van der Waals surface area contributed by atoms with E-state index in [0.717, 1.165) is 5.56 Å². The van der Waals surface area contributed by atoms with Gasteiger partial charge in [0.25, 0.3) is 0 Å². The number of aryl methyl sites for hydroxylation is 1. The molecule has 0 saturated carbocycles. The Morgan fingerprint density at radius 2 is 1.85 bits per heavy atom. The molecule has 0 amide bonds. The van der Waals surface area contributed by atoms with Crippen molar-refractivity contribution in [3.05, 3.63) is 23.3 Å². The molecule has 1 heterocycles. The summed E-state index contributed by atoms with van der Waals surface area (Å²) >= 11 is 0. The van der Waals surface area contributed by atoms with Gasteiger partial charge in [0.05, 0.1) is 31.8 Å². The van der Waals surface area contributed by atoms with E-state index in [1.165, 1.54) is 7.11 Å². The van der Waals surface area contributed by atoms with Gasteiger partial charge in [-0.25, -0.2) is 8.42 Å². The SMILES string of the molecule is COc1cc(C)c(C(O)C2CCS(=O)(=O)C2)cc1OC. The first kappa shape index (κ1) is 15.1. The number of sulfone groups is 1. The van der Waals surface area contributed by atoms with Crippen molar-refractivity contribution in [2.75, 3.05) is 25.7 Å². The molecule has 6 heteroatoms. The van der Waals surface area contributed by atoms with Crippen molar-refractivity contribution in [3.8, 4) is 11.5 Å². The minimum Gasteiger partial charge on any atom is -0.493 e. The van der Waals surface area contributed by atoms with E-state index in [1.54, 1.807) is 19.2 Å². The zero-order valence-corrected chi connectivity index (χ0v) is 12.7. The number of hydrogen-bond acceptors (Lipinski definition) is 5. The van der Waals surface area contributed by atoms with E-state index in [4.69, 9.17) is 9.47 Å². The molecular weight excluding hydrogens is 280 g/mol. The lowest BCUT2D eigenvalue weighted by molar-refractivity contribution is 0.120. The van der Waals surface area contributed by atoms with E-state index in [9.17, 15) is 13.5 Å². The number of rotatable bonds is 4. The van der Waals surface area contributed by atoms with Crippen LogP contribution in [0.3, 0.4) is 0 Å². The fourth-order valence-corrected chi connectivity index (χ4v) is 4.47. The van der Waals surface area contributed by atoms with Crippen molar-refractivity contribution in [1.29, 1.82) is 0 Å². The van der Waals surface area contributed by atoms with Crippen molar-refractivity contribution < 1.29 is 23.0 Å². The molecule has 2 rings (SSSR count). The summed E-state index contributed by atoms with van der Waals surface area (Å²) in [5.41, 5.74) is 1.56. The molecule has 1 aromatic rings. The van der Waals surface area contributed by atoms with Gasteiger partial charge in [-0.3, -0.25) is 0 Å². The molecule has 1 aliphatic heterocycles. The van der Waals surface area contributed by atoms with Gasteiger partial charge in [0, 0.05) is 5.92 Å². The van der Waals surface area contributed by atoms with Crippen LogP contribution in [-0.2, 0) is 9.84 Å². The minimum absolute atomic E-state index is 0.0436. The van der Waals surface area contributed by atoms with Crippen LogP contribution in [0.1, 0.15) is 23.7 Å². The van der Waals surface area contributed by atoms with Gasteiger partial charge in [-0.15, -0.1) is 0 Å². The smallest absolute Gasteiger partial charge is 0.161 e. The normalized spacial score (nSPS) is 22.5. The molecule has 5 nitrogen and oxygen atoms in total. The molecule has 0 spiro atoms. The zero-order valence-electron chi connectivity index (χ0n) is 11.9. The summed E-state index contributed by atoms with van der Waals surface area (Å²) < 4.78 is 33.5. The molecule has 0 aliphatic carbocycles. The predicted octanol–water partition coefficient (Wildman–Crippen LogP) is 1.48. The molecular formula is C14H20O5S. The van der Waals surface area contributed by atoms with Crippen LogP contribution in [0.4, 0.5) is 0 Å². The molecule has 1 aliphatic rings. The number of hydrogen-bond donors (Lipinski definition) is 1. The highest BCUT2D eigenvalue weighted by molar-refractivity contribution is 7.91. The fourth-order valence-electron chi connectivity index (χ4n) is 2.64. The predicted molar refractivity (Wildman–Crippen MR) is 76.0 cm³/mol. The Morgan fingerprint density at radius 1 is 1.25 bits per heavy atom. The second kappa shape index (κ2) is 5.61. The third-order valence-corrected chi connectivity index (χ3v) is 5.60. The Hall–Kier alpha value is -1.27. The van der Waals surface area contributed by atoms with Crippen molar-refractivity contribution in [3.63, 3.8) is 0 Å². The first-order chi connectivity index (χ1) is 9.38. The Morgan fingerprint density at radius 3 is 2.35 bits per heavy atom. The Labute approximate surface area is 119 Å². The van der Waals surface area contributed by atoms with Crippen molar-refractivity contribution >= 4 is 9.84 Å². The molecule has 0 bridgehead atoms. The van der Waals surface area contributed by atoms with Gasteiger partial charge >= 0.3 is 0 Å². The highest BCUT2D eigenvalue weighted by atomic mass is 32.2. The first-order valence-corrected chi connectivity index (χ1v) is 8.31. The molecule has 0 radical (unpaired) electrons. The molecule has 1 saturated heterocycles. The summed E-state index contributed by atoms with van der Waals surface area (Å²) in [6.07, 6.45) is -0.302. The molecule has 112 valence electrons. The summed E-state index contributed by atoms with van der Waals surface area (Å²) in [5.74, 6) is 1.08. The summed E-state index contributed by atoms with van der Waals surface area (Å²) in [6.45, 7) is 1.87. The van der Waals surface area contributed by atoms with Crippen LogP contribution in [0.15, 0.2) is 12.1 Å². The van der Waals surface area contributed by atoms with E-state index in [-0.39, 0.29) is 17.4 Å². The van der Waals surface area contributed by atoms with Crippen LogP contribution < -0.4 is 9.47 Å². The van der Waals surface area contributed by atoms with Gasteiger partial charge in [0.15, 0.2) is 21.3 Å². The van der Waals surface area contributed by atoms with Gasteiger partial charge in [0.2, 0.25) is 0 Å². The van der Waals surface area contributed by atoms with Crippen molar-refractivity contribution in [2.45, 2.75) is 19.4 Å². The number of ether oxygens (including phenoxy) is 2. The number of aliphatic hydroxyl groups excluding tert-OH is 1. The highest BCUT2D eigenvalue weighted by Crippen LogP contribution is 2.38. The summed E-state index contributed by atoms with van der Waals surface area (Å²) in [4.78, 5) is 0. The van der Waals surface area contributed by atoms with Gasteiger partial charge in [0.1, 0.15) is 0 Å². The monoisotopic (exact) mass is 300 g/mol. The number of benzene rings is 1. The lowest BCUT2D eigenvalue weighted by Crippen LogP contribution is -2.15. The van der Waals surface area contributed by atoms with E-state index in [2.05, 4.69) is 0 Å². The number of methoxy groups -OCH3 is 2. The largest absolute Gasteiger partial charge is 0.493 e. The van der Waals surface area contributed by atoms with Crippen LogP contribution in [-0.4, -0.2) is 39.2 Å². The van der Waals surface area contributed by atoms with Crippen LogP contribution in [0.5, 0.6) is 11.5 Å². The summed E-state index contributed by atoms with van der Waals surface area (Å²) in [5, 5.41) is 10.5. The molecule has 1 aromatic carbocycles. The van der Waals surface area contributed by atoms with E-state index >= 15 is 0 Å². The Kier molecular flexibility index (Phi) is 4.25. The Balaban J connectivity index is 2.33. The highest BCUT2D eigenvalue weighted by Gasteiger charge is 2.34. The molecule has 0 aromatic heterocycles. The van der Waals surface area contributed by atoms with Crippen molar-refractivity contribution in [2.24, 2.45) is 5.92 Å². The zero-order chi connectivity index (χ0) is 14.9. The lowest BCUT2D eigenvalue weighted by Gasteiger charge is -2.21. The van der Waals surface area contributed by atoms with Crippen molar-refractivity contribution in [1.82, 2.24) is 0 Å². The second-order valence-corrected chi connectivity index (χ2v) is 7.40. The van der Waals surface area contributed by atoms with Crippen LogP contribution in [0, 0.1) is 12.8 Å². The summed E-state index contributed by atoms with van der Waals surface area (Å²) in [6, 6.07) is 3.52. The first-order valence-electron chi connectivity index (χ1n) is 6.49. The van der Waals surface area contributed by atoms with E-state index in [0.29, 0.717) is 23.5 Å². The van der Waals surface area contributed by atoms with Crippen LogP contribution >= 0.6 is 0 Å². The second-order valence-electron chi connectivity index (χ2n) is 5.17. The van der Waals surface area contributed by atoms with Gasteiger partial charge in [-0.1, -0.05) is 0 Å². The topological polar surface area (TPSA) is 72.8 Å². The molecule has 2 unspecified atom stereocenters. The average molecular weight is 300 g/mol. The fraction of sp³-hybridized carbons (Fsp3) is 0.571. The molecule has 20 heavy (non-hydrogen) atoms. The molecule has 1 fully saturated rings. The third-order valence-electron chi connectivity index (χ3n) is 3.81. The maximum absolute atomic E-state index is 11.5. The molecule has 1 N–H and O–H groups in total.